The summed E-state index contributed by atoms with van der Waals surface area (Å²) in [6.07, 6.45) is 7.27. The van der Waals surface area contributed by atoms with Gasteiger partial charge in [0.1, 0.15) is 5.70 Å². The number of carbonyl (C=O) groups excluding carboxylic acids is 3. The second kappa shape index (κ2) is 7.12. The molecular weight excluding hydrogens is 310 g/mol. The highest BCUT2D eigenvalue weighted by molar-refractivity contribution is 6.11. The average Bonchev–Trinajstić information content (AvgIpc) is 2.74. The van der Waals surface area contributed by atoms with Crippen LogP contribution in [0.4, 0.5) is 4.79 Å². The van der Waals surface area contributed by atoms with E-state index in [9.17, 15) is 14.4 Å². The fraction of sp³-hybridized carbons (Fsp3) is 0.375. The molecule has 0 radical (unpaired) electrons. The van der Waals surface area contributed by atoms with Gasteiger partial charge in [-0.25, -0.2) is 4.79 Å². The Labute approximate surface area is 140 Å². The predicted octanol–water partition coefficient (Wildman–Crippen LogP) is 0.381. The Morgan fingerprint density at radius 3 is 2.71 bits per heavy atom. The number of rotatable bonds is 4. The molecule has 0 saturated carbocycles. The molecule has 2 aliphatic rings. The summed E-state index contributed by atoms with van der Waals surface area (Å²) in [5.74, 6) is -1.03. The van der Waals surface area contributed by atoms with Gasteiger partial charge in [-0.3, -0.25) is 14.5 Å². The molecule has 8 heteroatoms. The van der Waals surface area contributed by atoms with Crippen molar-refractivity contribution in [2.24, 2.45) is 28.3 Å². The number of hydrogen-bond donors (Lipinski definition) is 3. The monoisotopic (exact) mass is 331 g/mol. The van der Waals surface area contributed by atoms with Crippen LogP contribution in [-0.4, -0.2) is 35.2 Å². The zero-order valence-corrected chi connectivity index (χ0v) is 13.7. The third-order valence-electron chi connectivity index (χ3n) is 3.50. The zero-order chi connectivity index (χ0) is 17.9. The van der Waals surface area contributed by atoms with E-state index in [2.05, 4.69) is 10.3 Å². The molecule has 4 amide bonds. The van der Waals surface area contributed by atoms with Crippen LogP contribution in [0.3, 0.4) is 0 Å². The number of hydrogen-bond acceptors (Lipinski definition) is 3. The van der Waals surface area contributed by atoms with Crippen molar-refractivity contribution in [1.82, 2.24) is 10.2 Å². The van der Waals surface area contributed by atoms with E-state index in [0.29, 0.717) is 18.5 Å². The van der Waals surface area contributed by atoms with Gasteiger partial charge in [-0.15, -0.1) is 0 Å². The van der Waals surface area contributed by atoms with E-state index in [1.165, 1.54) is 4.90 Å². The maximum Gasteiger partial charge on any atom is 0.329 e. The smallest absolute Gasteiger partial charge is 0.329 e. The number of nitrogens with two attached hydrogens (primary N) is 2. The summed E-state index contributed by atoms with van der Waals surface area (Å²) in [6, 6.07) is -0.404. The van der Waals surface area contributed by atoms with Gasteiger partial charge in [0.15, 0.2) is 5.96 Å². The van der Waals surface area contributed by atoms with Crippen molar-refractivity contribution in [3.05, 3.63) is 35.6 Å². The third-order valence-corrected chi connectivity index (χ3v) is 3.50. The fourth-order valence-corrected chi connectivity index (χ4v) is 2.43. The number of imide groups is 1. The minimum absolute atomic E-state index is 0.0981. The summed E-state index contributed by atoms with van der Waals surface area (Å²) in [5.41, 5.74) is 11.0. The van der Waals surface area contributed by atoms with Crippen LogP contribution >= 0.6 is 0 Å². The van der Waals surface area contributed by atoms with E-state index in [1.54, 1.807) is 24.3 Å². The molecule has 8 nitrogen and oxygen atoms in total. The quantitative estimate of drug-likeness (QED) is 0.297. The Balaban J connectivity index is 2.05. The van der Waals surface area contributed by atoms with Crippen LogP contribution < -0.4 is 16.8 Å². The second-order valence-electron chi connectivity index (χ2n) is 6.08. The van der Waals surface area contributed by atoms with Gasteiger partial charge < -0.3 is 16.8 Å². The first-order valence-corrected chi connectivity index (χ1v) is 7.65. The first-order valence-electron chi connectivity index (χ1n) is 7.65. The Morgan fingerprint density at radius 1 is 1.46 bits per heavy atom. The Bertz CT molecular complexity index is 684. The van der Waals surface area contributed by atoms with Crippen molar-refractivity contribution in [2.75, 3.05) is 6.54 Å². The van der Waals surface area contributed by atoms with E-state index in [0.717, 1.165) is 0 Å². The Kier molecular flexibility index (Phi) is 5.18. The molecular formula is C16H21N5O3. The lowest BCUT2D eigenvalue weighted by Gasteiger charge is -2.14. The molecule has 24 heavy (non-hydrogen) atoms. The topological polar surface area (TPSA) is 131 Å². The number of nitrogens with one attached hydrogen (secondary N) is 1. The SMILES string of the molecule is CC(C)CN1C(=O)N/C(=C\C2C=CC(C(=O)N=C(N)N)=CC2)C1=O. The molecule has 1 aliphatic carbocycles. The highest BCUT2D eigenvalue weighted by Crippen LogP contribution is 2.21. The predicted molar refractivity (Wildman–Crippen MR) is 89.3 cm³/mol. The van der Waals surface area contributed by atoms with Crippen LogP contribution in [0.1, 0.15) is 20.3 Å². The highest BCUT2D eigenvalue weighted by Gasteiger charge is 2.34. The van der Waals surface area contributed by atoms with Crippen molar-refractivity contribution in [3.63, 3.8) is 0 Å². The molecule has 1 fully saturated rings. The van der Waals surface area contributed by atoms with Crippen molar-refractivity contribution in [1.29, 1.82) is 0 Å². The van der Waals surface area contributed by atoms with E-state index in [1.807, 2.05) is 13.8 Å². The van der Waals surface area contributed by atoms with Gasteiger partial charge in [0.2, 0.25) is 0 Å². The van der Waals surface area contributed by atoms with Gasteiger partial charge in [-0.2, -0.15) is 4.99 Å². The van der Waals surface area contributed by atoms with Crippen LogP contribution in [-0.2, 0) is 9.59 Å². The number of carbonyl (C=O) groups is 3. The molecule has 1 saturated heterocycles. The standard InChI is InChI=1S/C16H21N5O3/c1-9(2)8-21-14(23)12(19-16(21)24)7-10-3-5-11(6-4-10)13(22)20-15(17)18/h3,5-7,9-10H,4,8H2,1-2H3,(H,19,24)(H4,17,18,20,22)/b12-7-. The number of amides is 4. The van der Waals surface area contributed by atoms with Crippen molar-refractivity contribution in [3.8, 4) is 0 Å². The van der Waals surface area contributed by atoms with Gasteiger partial charge in [0.25, 0.3) is 11.8 Å². The zero-order valence-electron chi connectivity index (χ0n) is 13.7. The van der Waals surface area contributed by atoms with Crippen molar-refractivity contribution in [2.45, 2.75) is 20.3 Å². The summed E-state index contributed by atoms with van der Waals surface area (Å²) >= 11 is 0. The van der Waals surface area contributed by atoms with E-state index < -0.39 is 11.9 Å². The summed E-state index contributed by atoms with van der Waals surface area (Å²) in [6.45, 7) is 4.25. The lowest BCUT2D eigenvalue weighted by molar-refractivity contribution is -0.123. The normalized spacial score (nSPS) is 22.0. The van der Waals surface area contributed by atoms with Crippen LogP contribution in [0.15, 0.2) is 40.6 Å². The molecule has 2 rings (SSSR count). The maximum absolute atomic E-state index is 12.3. The van der Waals surface area contributed by atoms with Crippen molar-refractivity contribution >= 4 is 23.8 Å². The van der Waals surface area contributed by atoms with Crippen LogP contribution in [0.5, 0.6) is 0 Å². The minimum Gasteiger partial charge on any atom is -0.370 e. The van der Waals surface area contributed by atoms with Crippen LogP contribution in [0, 0.1) is 11.8 Å². The number of guanidine groups is 1. The van der Waals surface area contributed by atoms with Gasteiger partial charge in [-0.05, 0) is 18.4 Å². The summed E-state index contributed by atoms with van der Waals surface area (Å²) in [7, 11) is 0. The third kappa shape index (κ3) is 4.09. The summed E-state index contributed by atoms with van der Waals surface area (Å²) in [4.78, 5) is 40.5. The number of allylic oxidation sites excluding steroid dienone is 3. The second-order valence-corrected chi connectivity index (χ2v) is 6.08. The molecule has 0 spiro atoms. The number of aliphatic imine (C=N–C) groups is 1. The van der Waals surface area contributed by atoms with Crippen LogP contribution in [0.2, 0.25) is 0 Å². The van der Waals surface area contributed by atoms with Crippen LogP contribution in [0.25, 0.3) is 0 Å². The lowest BCUT2D eigenvalue weighted by atomic mass is 9.95. The van der Waals surface area contributed by atoms with E-state index in [-0.39, 0.29) is 29.4 Å². The first-order chi connectivity index (χ1) is 11.3. The summed E-state index contributed by atoms with van der Waals surface area (Å²) in [5, 5.41) is 2.59. The van der Waals surface area contributed by atoms with Gasteiger partial charge >= 0.3 is 6.03 Å². The largest absolute Gasteiger partial charge is 0.370 e. The molecule has 0 aromatic rings. The molecule has 0 bridgehead atoms. The van der Waals surface area contributed by atoms with Crippen molar-refractivity contribution < 1.29 is 14.4 Å². The molecule has 1 atom stereocenters. The summed E-state index contributed by atoms with van der Waals surface area (Å²) < 4.78 is 0. The molecule has 0 aromatic carbocycles. The molecule has 1 aliphatic heterocycles. The van der Waals surface area contributed by atoms with E-state index in [4.69, 9.17) is 11.5 Å². The maximum atomic E-state index is 12.3. The first kappa shape index (κ1) is 17.5. The van der Waals surface area contributed by atoms with Gasteiger partial charge in [0.05, 0.1) is 0 Å². The molecule has 0 aromatic heterocycles. The molecule has 1 heterocycles. The number of urea groups is 1. The lowest BCUT2D eigenvalue weighted by Crippen LogP contribution is -2.34. The Hall–Kier alpha value is -2.90. The molecule has 1 unspecified atom stereocenters. The number of nitrogens with zero attached hydrogens (tertiary/aromatic N) is 2. The van der Waals surface area contributed by atoms with Gasteiger partial charge in [-0.1, -0.05) is 32.1 Å². The van der Waals surface area contributed by atoms with Gasteiger partial charge in [0, 0.05) is 18.0 Å². The average molecular weight is 331 g/mol. The molecule has 5 N–H and O–H groups in total. The van der Waals surface area contributed by atoms with E-state index >= 15 is 0 Å². The molecule has 128 valence electrons. The Morgan fingerprint density at radius 2 is 2.17 bits per heavy atom. The minimum atomic E-state index is -0.509. The highest BCUT2D eigenvalue weighted by atomic mass is 16.2. The fourth-order valence-electron chi connectivity index (χ4n) is 2.43.